The maximum Gasteiger partial charge on any atom is 0.264 e. The van der Waals surface area contributed by atoms with Crippen molar-refractivity contribution in [3.8, 4) is 5.75 Å². The van der Waals surface area contributed by atoms with E-state index in [9.17, 15) is 4.79 Å². The maximum atomic E-state index is 12.5. The second-order valence-corrected chi connectivity index (χ2v) is 5.19. The molecule has 4 nitrogen and oxygen atoms in total. The maximum absolute atomic E-state index is 12.5. The van der Waals surface area contributed by atoms with Gasteiger partial charge < -0.3 is 15.4 Å². The minimum Gasteiger partial charge on any atom is -0.480 e. The van der Waals surface area contributed by atoms with Crippen LogP contribution in [0.3, 0.4) is 0 Å². The molecule has 1 aromatic rings. The van der Waals surface area contributed by atoms with Gasteiger partial charge in [0.1, 0.15) is 5.75 Å². The largest absolute Gasteiger partial charge is 0.480 e. The van der Waals surface area contributed by atoms with E-state index in [1.165, 1.54) is 0 Å². The second kappa shape index (κ2) is 6.06. The van der Waals surface area contributed by atoms with Crippen molar-refractivity contribution in [3.63, 3.8) is 0 Å². The molecule has 0 bridgehead atoms. The molecule has 1 unspecified atom stereocenters. The van der Waals surface area contributed by atoms with Gasteiger partial charge in [-0.15, -0.1) is 0 Å². The van der Waals surface area contributed by atoms with Gasteiger partial charge in [-0.2, -0.15) is 0 Å². The minimum absolute atomic E-state index is 0.0691. The van der Waals surface area contributed by atoms with Crippen LogP contribution in [0.1, 0.15) is 25.8 Å². The molecule has 1 atom stereocenters. The number of rotatable bonds is 5. The predicted molar refractivity (Wildman–Crippen MR) is 75.1 cm³/mol. The second-order valence-electron chi connectivity index (χ2n) is 5.19. The molecule has 0 saturated heterocycles. The smallest absolute Gasteiger partial charge is 0.264 e. The number of ether oxygens (including phenoxy) is 1. The highest BCUT2D eigenvalue weighted by Gasteiger charge is 2.32. The van der Waals surface area contributed by atoms with Crippen LogP contribution in [0.2, 0.25) is 0 Å². The first-order valence-corrected chi connectivity index (χ1v) is 6.88. The van der Waals surface area contributed by atoms with Crippen molar-refractivity contribution >= 4 is 5.91 Å². The molecule has 4 heteroatoms. The van der Waals surface area contributed by atoms with E-state index in [0.717, 1.165) is 17.7 Å². The topological polar surface area (TPSA) is 55.6 Å². The normalized spacial score (nSPS) is 17.2. The highest BCUT2D eigenvalue weighted by Crippen LogP contribution is 2.29. The third-order valence-electron chi connectivity index (χ3n) is 3.43. The number of nitrogens with two attached hydrogens (primary N) is 1. The molecule has 2 N–H and O–H groups in total. The Morgan fingerprint density at radius 3 is 2.84 bits per heavy atom. The molecule has 1 amide bonds. The van der Waals surface area contributed by atoms with E-state index in [-0.39, 0.29) is 18.1 Å². The highest BCUT2D eigenvalue weighted by atomic mass is 16.5. The lowest BCUT2D eigenvalue weighted by Gasteiger charge is -2.28. The third kappa shape index (κ3) is 3.07. The Balaban J connectivity index is 2.04. The first-order chi connectivity index (χ1) is 9.13. The van der Waals surface area contributed by atoms with Crippen LogP contribution >= 0.6 is 0 Å². The Morgan fingerprint density at radius 1 is 1.47 bits per heavy atom. The fourth-order valence-electron chi connectivity index (χ4n) is 2.39. The molecule has 0 radical (unpaired) electrons. The standard InChI is InChI=1S/C15H22N2O2/c1-11(2)17(9-5-8-16)15(18)14-10-12-6-3-4-7-13(12)19-14/h3-4,6-7,11,14H,5,8-10,16H2,1-2H3. The SMILES string of the molecule is CC(C)N(CCCN)C(=O)C1Cc2ccccc2O1. The number of hydrogen-bond acceptors (Lipinski definition) is 3. The van der Waals surface area contributed by atoms with Crippen molar-refractivity contribution < 1.29 is 9.53 Å². The van der Waals surface area contributed by atoms with Crippen LogP contribution in [0.15, 0.2) is 24.3 Å². The molecule has 19 heavy (non-hydrogen) atoms. The summed E-state index contributed by atoms with van der Waals surface area (Å²) in [6.07, 6.45) is 1.11. The van der Waals surface area contributed by atoms with Gasteiger partial charge in [0.25, 0.3) is 5.91 Å². The molecule has 104 valence electrons. The lowest BCUT2D eigenvalue weighted by Crippen LogP contribution is -2.45. The van der Waals surface area contributed by atoms with Gasteiger partial charge in [-0.25, -0.2) is 0 Å². The van der Waals surface area contributed by atoms with Crippen molar-refractivity contribution in [2.45, 2.75) is 38.8 Å². The van der Waals surface area contributed by atoms with Crippen LogP contribution in [0.25, 0.3) is 0 Å². The van der Waals surface area contributed by atoms with Crippen molar-refractivity contribution in [2.24, 2.45) is 5.73 Å². The number of amides is 1. The van der Waals surface area contributed by atoms with Crippen LogP contribution in [0, 0.1) is 0 Å². The van der Waals surface area contributed by atoms with E-state index >= 15 is 0 Å². The van der Waals surface area contributed by atoms with Crippen LogP contribution in [0.4, 0.5) is 0 Å². The van der Waals surface area contributed by atoms with Crippen molar-refractivity contribution in [1.29, 1.82) is 0 Å². The molecule has 0 spiro atoms. The summed E-state index contributed by atoms with van der Waals surface area (Å²) < 4.78 is 5.76. The quantitative estimate of drug-likeness (QED) is 0.876. The monoisotopic (exact) mass is 262 g/mol. The van der Waals surface area contributed by atoms with E-state index in [1.807, 2.05) is 43.0 Å². The third-order valence-corrected chi connectivity index (χ3v) is 3.43. The lowest BCUT2D eigenvalue weighted by molar-refractivity contribution is -0.139. The number of fused-ring (bicyclic) bond motifs is 1. The summed E-state index contributed by atoms with van der Waals surface area (Å²) in [6.45, 7) is 5.35. The van der Waals surface area contributed by atoms with E-state index in [2.05, 4.69) is 0 Å². The van der Waals surface area contributed by atoms with E-state index in [0.29, 0.717) is 19.5 Å². The zero-order chi connectivity index (χ0) is 13.8. The summed E-state index contributed by atoms with van der Waals surface area (Å²) in [6, 6.07) is 8.01. The van der Waals surface area contributed by atoms with Gasteiger partial charge in [0.15, 0.2) is 6.10 Å². The number of para-hydroxylation sites is 1. The van der Waals surface area contributed by atoms with Crippen molar-refractivity contribution in [3.05, 3.63) is 29.8 Å². The Kier molecular flexibility index (Phi) is 4.43. The van der Waals surface area contributed by atoms with Crippen LogP contribution < -0.4 is 10.5 Å². The van der Waals surface area contributed by atoms with E-state index in [1.54, 1.807) is 0 Å². The molecule has 1 aliphatic heterocycles. The molecule has 1 heterocycles. The number of carbonyl (C=O) groups is 1. The summed E-state index contributed by atoms with van der Waals surface area (Å²) >= 11 is 0. The highest BCUT2D eigenvalue weighted by molar-refractivity contribution is 5.83. The first kappa shape index (κ1) is 13.9. The first-order valence-electron chi connectivity index (χ1n) is 6.88. The van der Waals surface area contributed by atoms with Gasteiger partial charge in [0.2, 0.25) is 0 Å². The van der Waals surface area contributed by atoms with Crippen LogP contribution in [-0.4, -0.2) is 36.0 Å². The molecule has 1 aliphatic rings. The lowest BCUT2D eigenvalue weighted by atomic mass is 10.1. The molecule has 2 rings (SSSR count). The summed E-state index contributed by atoms with van der Waals surface area (Å²) in [5, 5.41) is 0. The average Bonchev–Trinajstić information content (AvgIpc) is 2.82. The Morgan fingerprint density at radius 2 is 2.21 bits per heavy atom. The number of benzene rings is 1. The average molecular weight is 262 g/mol. The Bertz CT molecular complexity index is 421. The molecule has 0 aliphatic carbocycles. The summed E-state index contributed by atoms with van der Waals surface area (Å²) in [4.78, 5) is 14.4. The molecule has 1 aromatic carbocycles. The van der Waals surface area contributed by atoms with Crippen LogP contribution in [0.5, 0.6) is 5.75 Å². The Labute approximate surface area is 114 Å². The fraction of sp³-hybridized carbons (Fsp3) is 0.533. The minimum atomic E-state index is -0.377. The van der Waals surface area contributed by atoms with Gasteiger partial charge in [0, 0.05) is 19.0 Å². The van der Waals surface area contributed by atoms with Gasteiger partial charge >= 0.3 is 0 Å². The predicted octanol–water partition coefficient (Wildman–Crippen LogP) is 1.58. The molecular weight excluding hydrogens is 240 g/mol. The van der Waals surface area contributed by atoms with Gasteiger partial charge in [0.05, 0.1) is 0 Å². The zero-order valence-corrected chi connectivity index (χ0v) is 11.6. The molecule has 0 fully saturated rings. The fourth-order valence-corrected chi connectivity index (χ4v) is 2.39. The summed E-state index contributed by atoms with van der Waals surface area (Å²) in [5.74, 6) is 0.906. The van der Waals surface area contributed by atoms with Gasteiger partial charge in [-0.3, -0.25) is 4.79 Å². The summed E-state index contributed by atoms with van der Waals surface area (Å²) in [7, 11) is 0. The molecule has 0 aromatic heterocycles. The van der Waals surface area contributed by atoms with Crippen molar-refractivity contribution in [2.75, 3.05) is 13.1 Å². The van der Waals surface area contributed by atoms with Crippen LogP contribution in [-0.2, 0) is 11.2 Å². The zero-order valence-electron chi connectivity index (χ0n) is 11.6. The van der Waals surface area contributed by atoms with Gasteiger partial charge in [-0.1, -0.05) is 18.2 Å². The van der Waals surface area contributed by atoms with E-state index in [4.69, 9.17) is 10.5 Å². The number of hydrogen-bond donors (Lipinski definition) is 1. The Hall–Kier alpha value is -1.55. The van der Waals surface area contributed by atoms with Gasteiger partial charge in [-0.05, 0) is 38.4 Å². The number of nitrogens with zero attached hydrogens (tertiary/aromatic N) is 1. The number of carbonyl (C=O) groups excluding carboxylic acids is 1. The summed E-state index contributed by atoms with van der Waals surface area (Å²) in [5.41, 5.74) is 6.64. The van der Waals surface area contributed by atoms with E-state index < -0.39 is 0 Å². The molecular formula is C15H22N2O2. The van der Waals surface area contributed by atoms with Crippen molar-refractivity contribution in [1.82, 2.24) is 4.90 Å². The molecule has 0 saturated carbocycles.